The first kappa shape index (κ1) is 21.1. The van der Waals surface area contributed by atoms with Crippen molar-refractivity contribution in [3.05, 3.63) is 58.9 Å². The summed E-state index contributed by atoms with van der Waals surface area (Å²) >= 11 is 0. The van der Waals surface area contributed by atoms with Crippen LogP contribution in [0, 0.1) is 24.4 Å². The monoisotopic (exact) mass is 407 g/mol. The van der Waals surface area contributed by atoms with Crippen molar-refractivity contribution in [2.24, 2.45) is 0 Å². The number of aliphatic hydroxyl groups is 1. The number of carbonyl (C=O) groups is 1. The number of likely N-dealkylation sites (N-methyl/N-ethyl adjacent to an activating group) is 1. The van der Waals surface area contributed by atoms with Crippen molar-refractivity contribution in [3.63, 3.8) is 0 Å². The predicted molar refractivity (Wildman–Crippen MR) is 105 cm³/mol. The van der Waals surface area contributed by atoms with Crippen LogP contribution in [0.3, 0.4) is 0 Å². The molecule has 29 heavy (non-hydrogen) atoms. The fourth-order valence-corrected chi connectivity index (χ4v) is 3.41. The van der Waals surface area contributed by atoms with Crippen molar-refractivity contribution >= 4 is 17.3 Å². The highest BCUT2D eigenvalue weighted by Crippen LogP contribution is 2.32. The summed E-state index contributed by atoms with van der Waals surface area (Å²) in [5.41, 5.74) is -1.08. The maximum Gasteiger partial charge on any atom is 0.256 e. The fourth-order valence-electron chi connectivity index (χ4n) is 3.41. The molecule has 0 aliphatic carbocycles. The van der Waals surface area contributed by atoms with E-state index >= 15 is 0 Å². The number of halogens is 3. The molecule has 1 aliphatic rings. The second-order valence-corrected chi connectivity index (χ2v) is 7.44. The van der Waals surface area contributed by atoms with Crippen LogP contribution in [0.25, 0.3) is 0 Å². The highest BCUT2D eigenvalue weighted by atomic mass is 19.2. The van der Waals surface area contributed by atoms with Gasteiger partial charge in [0.15, 0.2) is 11.6 Å². The van der Waals surface area contributed by atoms with Crippen LogP contribution in [0.5, 0.6) is 0 Å². The van der Waals surface area contributed by atoms with Crippen LogP contribution in [0.4, 0.5) is 24.5 Å². The Balaban J connectivity index is 1.87. The van der Waals surface area contributed by atoms with Gasteiger partial charge >= 0.3 is 0 Å². The zero-order chi connectivity index (χ0) is 21.3. The van der Waals surface area contributed by atoms with Gasteiger partial charge in [-0.2, -0.15) is 0 Å². The zero-order valence-electron chi connectivity index (χ0n) is 16.5. The lowest BCUT2D eigenvalue weighted by atomic mass is 9.86. The minimum atomic E-state index is -1.27. The molecule has 156 valence electrons. The van der Waals surface area contributed by atoms with Crippen molar-refractivity contribution in [1.82, 2.24) is 10.2 Å². The van der Waals surface area contributed by atoms with Gasteiger partial charge in [0.1, 0.15) is 11.4 Å². The Bertz CT molecular complexity index is 930. The number of hydrogen-bond acceptors (Lipinski definition) is 4. The SMILES string of the molecule is CCNC(C)C1(O)CN(C(=O)c2ccc(F)c(F)c2Nc2ccc(C)cc2F)C1. The summed E-state index contributed by atoms with van der Waals surface area (Å²) in [5.74, 6) is -3.65. The van der Waals surface area contributed by atoms with Gasteiger partial charge in [-0.05, 0) is 50.2 Å². The minimum absolute atomic E-state index is 0.0529. The van der Waals surface area contributed by atoms with Crippen LogP contribution >= 0.6 is 0 Å². The van der Waals surface area contributed by atoms with Gasteiger partial charge in [0.05, 0.1) is 30.0 Å². The van der Waals surface area contributed by atoms with Crippen LogP contribution < -0.4 is 10.6 Å². The van der Waals surface area contributed by atoms with Crippen molar-refractivity contribution < 1.29 is 23.1 Å². The quantitative estimate of drug-likeness (QED) is 0.687. The first-order valence-electron chi connectivity index (χ1n) is 9.42. The Kier molecular flexibility index (Phi) is 5.86. The standard InChI is InChI=1S/C21H24F3N3O2/c1-4-25-13(3)21(29)10-27(11-21)20(28)14-6-7-15(22)18(24)19(14)26-17-8-5-12(2)9-16(17)23/h5-9,13,25-26,29H,4,10-11H2,1-3H3. The highest BCUT2D eigenvalue weighted by molar-refractivity contribution is 6.01. The van der Waals surface area contributed by atoms with Gasteiger partial charge in [-0.15, -0.1) is 0 Å². The third-order valence-electron chi connectivity index (χ3n) is 5.24. The summed E-state index contributed by atoms with van der Waals surface area (Å²) in [7, 11) is 0. The lowest BCUT2D eigenvalue weighted by Crippen LogP contribution is -2.70. The van der Waals surface area contributed by atoms with Crippen LogP contribution in [0.1, 0.15) is 29.8 Å². The summed E-state index contributed by atoms with van der Waals surface area (Å²) in [6.07, 6.45) is 0. The highest BCUT2D eigenvalue weighted by Gasteiger charge is 2.47. The second-order valence-electron chi connectivity index (χ2n) is 7.44. The minimum Gasteiger partial charge on any atom is -0.385 e. The first-order chi connectivity index (χ1) is 13.7. The number of aryl methyl sites for hydroxylation is 1. The number of hydrogen-bond donors (Lipinski definition) is 3. The number of nitrogens with zero attached hydrogens (tertiary/aromatic N) is 1. The molecular formula is C21H24F3N3O2. The van der Waals surface area contributed by atoms with Crippen molar-refractivity contribution in [2.45, 2.75) is 32.4 Å². The average molecular weight is 407 g/mol. The van der Waals surface area contributed by atoms with Gasteiger partial charge in [-0.3, -0.25) is 4.79 Å². The van der Waals surface area contributed by atoms with Crippen molar-refractivity contribution in [1.29, 1.82) is 0 Å². The molecule has 1 fully saturated rings. The van der Waals surface area contributed by atoms with Crippen LogP contribution in [0.15, 0.2) is 30.3 Å². The van der Waals surface area contributed by atoms with E-state index in [4.69, 9.17) is 0 Å². The number of amides is 1. The van der Waals surface area contributed by atoms with Gasteiger partial charge in [0.2, 0.25) is 0 Å². The maximum absolute atomic E-state index is 14.5. The van der Waals surface area contributed by atoms with E-state index in [0.29, 0.717) is 12.1 Å². The smallest absolute Gasteiger partial charge is 0.256 e. The topological polar surface area (TPSA) is 64.6 Å². The molecule has 1 heterocycles. The Morgan fingerprint density at radius 1 is 1.21 bits per heavy atom. The molecule has 1 amide bonds. The van der Waals surface area contributed by atoms with Crippen LogP contribution in [0.2, 0.25) is 0 Å². The third-order valence-corrected chi connectivity index (χ3v) is 5.24. The largest absolute Gasteiger partial charge is 0.385 e. The molecule has 8 heteroatoms. The van der Waals surface area contributed by atoms with Gasteiger partial charge < -0.3 is 20.6 Å². The predicted octanol–water partition coefficient (Wildman–Crippen LogP) is 3.34. The molecule has 0 bridgehead atoms. The van der Waals surface area contributed by atoms with Gasteiger partial charge in [0.25, 0.3) is 5.91 Å². The summed E-state index contributed by atoms with van der Waals surface area (Å²) in [4.78, 5) is 14.2. The van der Waals surface area contributed by atoms with E-state index in [1.165, 1.54) is 17.0 Å². The number of benzene rings is 2. The molecular weight excluding hydrogens is 383 g/mol. The molecule has 1 saturated heterocycles. The molecule has 3 rings (SSSR count). The Labute approximate surface area is 167 Å². The number of likely N-dealkylation sites (tertiary alicyclic amines) is 1. The summed E-state index contributed by atoms with van der Waals surface area (Å²) in [6, 6.07) is 6.03. The van der Waals surface area contributed by atoms with E-state index in [-0.39, 0.29) is 30.4 Å². The van der Waals surface area contributed by atoms with E-state index in [1.807, 2.05) is 13.8 Å². The molecule has 0 aromatic heterocycles. The average Bonchev–Trinajstić information content (AvgIpc) is 2.64. The molecule has 1 atom stereocenters. The van der Waals surface area contributed by atoms with E-state index in [2.05, 4.69) is 10.6 Å². The summed E-state index contributed by atoms with van der Waals surface area (Å²) in [6.45, 7) is 6.19. The molecule has 1 aliphatic heterocycles. The summed E-state index contributed by atoms with van der Waals surface area (Å²) in [5, 5.41) is 16.2. The first-order valence-corrected chi connectivity index (χ1v) is 9.42. The number of carbonyl (C=O) groups excluding carboxylic acids is 1. The van der Waals surface area contributed by atoms with E-state index in [1.54, 1.807) is 13.0 Å². The molecule has 0 spiro atoms. The molecule has 2 aromatic rings. The maximum atomic E-state index is 14.5. The normalized spacial score (nSPS) is 16.3. The zero-order valence-corrected chi connectivity index (χ0v) is 16.5. The van der Waals surface area contributed by atoms with Gasteiger partial charge in [-0.1, -0.05) is 13.0 Å². The molecule has 2 aromatic carbocycles. The van der Waals surface area contributed by atoms with Crippen molar-refractivity contribution in [2.75, 3.05) is 25.0 Å². The van der Waals surface area contributed by atoms with E-state index in [9.17, 15) is 23.1 Å². The molecule has 5 nitrogen and oxygen atoms in total. The fraction of sp³-hybridized carbons (Fsp3) is 0.381. The third kappa shape index (κ3) is 4.09. The Hall–Kier alpha value is -2.58. The van der Waals surface area contributed by atoms with Crippen LogP contribution in [-0.2, 0) is 0 Å². The van der Waals surface area contributed by atoms with E-state index in [0.717, 1.165) is 12.1 Å². The number of β-amino-alcohol motifs (C(OH)–C–C–N with tert-alkyl or cyclic N) is 1. The Morgan fingerprint density at radius 3 is 2.52 bits per heavy atom. The van der Waals surface area contributed by atoms with Crippen molar-refractivity contribution in [3.8, 4) is 0 Å². The number of anilines is 2. The van der Waals surface area contributed by atoms with Crippen LogP contribution in [-0.4, -0.2) is 47.2 Å². The molecule has 0 saturated carbocycles. The van der Waals surface area contributed by atoms with E-state index < -0.39 is 34.6 Å². The molecule has 1 unspecified atom stereocenters. The molecule has 3 N–H and O–H groups in total. The number of rotatable bonds is 6. The second kappa shape index (κ2) is 8.04. The lowest BCUT2D eigenvalue weighted by molar-refractivity contribution is -0.1000. The van der Waals surface area contributed by atoms with Gasteiger partial charge in [-0.25, -0.2) is 13.2 Å². The lowest BCUT2D eigenvalue weighted by Gasteiger charge is -2.50. The Morgan fingerprint density at radius 2 is 1.90 bits per heavy atom. The summed E-state index contributed by atoms with van der Waals surface area (Å²) < 4.78 is 42.5. The van der Waals surface area contributed by atoms with Gasteiger partial charge in [0, 0.05) is 6.04 Å². The number of nitrogens with one attached hydrogen (secondary N) is 2. The molecule has 0 radical (unpaired) electrons.